The van der Waals surface area contributed by atoms with Gasteiger partial charge in [0, 0.05) is 35.1 Å². The van der Waals surface area contributed by atoms with Crippen molar-refractivity contribution in [2.45, 2.75) is 19.3 Å². The minimum absolute atomic E-state index is 0.0138. The summed E-state index contributed by atoms with van der Waals surface area (Å²) in [6.45, 7) is 1.11. The Morgan fingerprint density at radius 1 is 1.25 bits per heavy atom. The summed E-state index contributed by atoms with van der Waals surface area (Å²) in [4.78, 5) is 24.8. The molecule has 1 amide bonds. The third kappa shape index (κ3) is 3.87. The van der Waals surface area contributed by atoms with Gasteiger partial charge in [-0.05, 0) is 37.0 Å². The van der Waals surface area contributed by atoms with Gasteiger partial charge in [-0.1, -0.05) is 23.2 Å². The average molecular weight is 316 g/mol. The number of hydrogen-bond acceptors (Lipinski definition) is 2. The average Bonchev–Trinajstić information content (AvgIpc) is 2.36. The summed E-state index contributed by atoms with van der Waals surface area (Å²) in [5, 5.41) is 9.68. The van der Waals surface area contributed by atoms with Crippen LogP contribution in [0.3, 0.4) is 0 Å². The Hall–Kier alpha value is -1.26. The topological polar surface area (TPSA) is 57.6 Å². The van der Waals surface area contributed by atoms with Crippen LogP contribution in [0.1, 0.15) is 29.6 Å². The molecule has 1 aromatic carbocycles. The van der Waals surface area contributed by atoms with E-state index >= 15 is 0 Å². The number of carbonyl (C=O) groups excluding carboxylic acids is 1. The van der Waals surface area contributed by atoms with E-state index in [1.165, 1.54) is 0 Å². The number of halogens is 2. The smallest absolute Gasteiger partial charge is 0.303 e. The highest BCUT2D eigenvalue weighted by Crippen LogP contribution is 2.24. The lowest BCUT2D eigenvalue weighted by molar-refractivity contribution is -0.138. The molecule has 1 aliphatic heterocycles. The number of likely N-dealkylation sites (tertiary alicyclic amines) is 1. The summed E-state index contributed by atoms with van der Waals surface area (Å²) in [5.74, 6) is -0.959. The minimum atomic E-state index is -0.824. The van der Waals surface area contributed by atoms with Crippen LogP contribution in [0.25, 0.3) is 0 Å². The van der Waals surface area contributed by atoms with Crippen LogP contribution in [0.15, 0.2) is 18.2 Å². The zero-order chi connectivity index (χ0) is 14.7. The number of rotatable bonds is 3. The highest BCUT2D eigenvalue weighted by molar-refractivity contribution is 6.35. The van der Waals surface area contributed by atoms with Crippen molar-refractivity contribution in [2.24, 2.45) is 5.92 Å². The first-order valence-corrected chi connectivity index (χ1v) is 7.18. The first-order chi connectivity index (χ1) is 9.45. The summed E-state index contributed by atoms with van der Waals surface area (Å²) in [5.41, 5.74) is 0.443. The van der Waals surface area contributed by atoms with Crippen molar-refractivity contribution in [1.82, 2.24) is 4.90 Å². The van der Waals surface area contributed by atoms with Crippen LogP contribution in [0.5, 0.6) is 0 Å². The largest absolute Gasteiger partial charge is 0.481 e. The molecule has 0 bridgehead atoms. The second-order valence-corrected chi connectivity index (χ2v) is 5.89. The quantitative estimate of drug-likeness (QED) is 0.930. The van der Waals surface area contributed by atoms with E-state index in [2.05, 4.69) is 0 Å². The molecule has 1 unspecified atom stereocenters. The van der Waals surface area contributed by atoms with Gasteiger partial charge in [-0.3, -0.25) is 9.59 Å². The van der Waals surface area contributed by atoms with E-state index in [0.29, 0.717) is 28.7 Å². The van der Waals surface area contributed by atoms with Crippen LogP contribution < -0.4 is 0 Å². The van der Waals surface area contributed by atoms with Crippen LogP contribution in [-0.4, -0.2) is 35.0 Å². The van der Waals surface area contributed by atoms with Gasteiger partial charge in [0.25, 0.3) is 5.91 Å². The number of carbonyl (C=O) groups is 2. The Bertz CT molecular complexity index is 513. The number of piperidine rings is 1. The molecule has 20 heavy (non-hydrogen) atoms. The Morgan fingerprint density at radius 3 is 2.50 bits per heavy atom. The predicted octanol–water partition coefficient (Wildman–Crippen LogP) is 3.32. The Kier molecular flexibility index (Phi) is 4.89. The molecule has 1 aromatic rings. The maximum atomic E-state index is 12.4. The fourth-order valence-corrected chi connectivity index (χ4v) is 3.05. The van der Waals surface area contributed by atoms with Crippen molar-refractivity contribution < 1.29 is 14.7 Å². The molecule has 108 valence electrons. The standard InChI is InChI=1S/C14H15Cl2NO3/c15-11-5-10(6-12(16)7-11)14(20)17-3-1-2-9(8-17)4-13(18)19/h5-7,9H,1-4,8H2,(H,18,19). The number of carboxylic acid groups (broad SMARTS) is 1. The number of benzene rings is 1. The van der Waals surface area contributed by atoms with E-state index in [1.807, 2.05) is 0 Å². The molecule has 0 saturated carbocycles. The van der Waals surface area contributed by atoms with E-state index in [-0.39, 0.29) is 18.2 Å². The van der Waals surface area contributed by atoms with Gasteiger partial charge in [0.15, 0.2) is 0 Å². The maximum Gasteiger partial charge on any atom is 0.303 e. The van der Waals surface area contributed by atoms with Crippen molar-refractivity contribution in [2.75, 3.05) is 13.1 Å². The highest BCUT2D eigenvalue weighted by atomic mass is 35.5. The summed E-state index contributed by atoms with van der Waals surface area (Å²) < 4.78 is 0. The predicted molar refractivity (Wildman–Crippen MR) is 77.3 cm³/mol. The molecule has 1 heterocycles. The number of nitrogens with zero attached hydrogens (tertiary/aromatic N) is 1. The second-order valence-electron chi connectivity index (χ2n) is 5.02. The van der Waals surface area contributed by atoms with Crippen molar-refractivity contribution in [3.05, 3.63) is 33.8 Å². The van der Waals surface area contributed by atoms with Crippen LogP contribution in [0.4, 0.5) is 0 Å². The summed E-state index contributed by atoms with van der Waals surface area (Å²) >= 11 is 11.8. The van der Waals surface area contributed by atoms with Crippen LogP contribution in [0, 0.1) is 5.92 Å². The summed E-state index contributed by atoms with van der Waals surface area (Å²) in [7, 11) is 0. The third-order valence-electron chi connectivity index (χ3n) is 3.38. The fraction of sp³-hybridized carbons (Fsp3) is 0.429. The Labute approximate surface area is 127 Å². The van der Waals surface area contributed by atoms with Gasteiger partial charge in [0.2, 0.25) is 0 Å². The first-order valence-electron chi connectivity index (χ1n) is 6.43. The van der Waals surface area contributed by atoms with Gasteiger partial charge in [-0.15, -0.1) is 0 Å². The van der Waals surface area contributed by atoms with E-state index in [1.54, 1.807) is 23.1 Å². The third-order valence-corrected chi connectivity index (χ3v) is 3.82. The maximum absolute atomic E-state index is 12.4. The second kappa shape index (κ2) is 6.46. The van der Waals surface area contributed by atoms with Crippen LogP contribution in [-0.2, 0) is 4.79 Å². The Morgan fingerprint density at radius 2 is 1.90 bits per heavy atom. The molecule has 0 radical (unpaired) electrons. The molecule has 2 rings (SSSR count). The van der Waals surface area contributed by atoms with Crippen molar-refractivity contribution in [3.63, 3.8) is 0 Å². The lowest BCUT2D eigenvalue weighted by Gasteiger charge is -2.32. The van der Waals surface area contributed by atoms with Crippen molar-refractivity contribution in [1.29, 1.82) is 0 Å². The van der Waals surface area contributed by atoms with Crippen LogP contribution in [0.2, 0.25) is 10.0 Å². The molecule has 1 saturated heterocycles. The zero-order valence-corrected chi connectivity index (χ0v) is 12.3. The molecular weight excluding hydrogens is 301 g/mol. The normalized spacial score (nSPS) is 18.9. The van der Waals surface area contributed by atoms with Gasteiger partial charge in [-0.2, -0.15) is 0 Å². The first kappa shape index (κ1) is 15.1. The molecule has 1 aliphatic rings. The molecule has 1 atom stereocenters. The summed E-state index contributed by atoms with van der Waals surface area (Å²) in [6.07, 6.45) is 1.75. The Balaban J connectivity index is 2.10. The SMILES string of the molecule is O=C(O)CC1CCCN(C(=O)c2cc(Cl)cc(Cl)c2)C1. The fourth-order valence-electron chi connectivity index (χ4n) is 2.52. The molecule has 0 aliphatic carbocycles. The number of hydrogen-bond donors (Lipinski definition) is 1. The van der Waals surface area contributed by atoms with Gasteiger partial charge in [0.05, 0.1) is 0 Å². The molecule has 4 nitrogen and oxygen atoms in total. The lowest BCUT2D eigenvalue weighted by Crippen LogP contribution is -2.40. The molecule has 0 aromatic heterocycles. The number of amides is 1. The van der Waals surface area contributed by atoms with E-state index < -0.39 is 5.97 Å². The van der Waals surface area contributed by atoms with E-state index in [4.69, 9.17) is 28.3 Å². The van der Waals surface area contributed by atoms with Crippen molar-refractivity contribution in [3.8, 4) is 0 Å². The number of aliphatic carboxylic acids is 1. The highest BCUT2D eigenvalue weighted by Gasteiger charge is 2.26. The molecule has 6 heteroatoms. The number of carboxylic acids is 1. The van der Waals surface area contributed by atoms with Crippen LogP contribution >= 0.6 is 23.2 Å². The minimum Gasteiger partial charge on any atom is -0.481 e. The summed E-state index contributed by atoms with van der Waals surface area (Å²) in [6, 6.07) is 4.73. The van der Waals surface area contributed by atoms with Gasteiger partial charge >= 0.3 is 5.97 Å². The lowest BCUT2D eigenvalue weighted by atomic mass is 9.94. The van der Waals surface area contributed by atoms with E-state index in [0.717, 1.165) is 12.8 Å². The van der Waals surface area contributed by atoms with Gasteiger partial charge in [-0.25, -0.2) is 0 Å². The molecule has 1 fully saturated rings. The zero-order valence-electron chi connectivity index (χ0n) is 10.8. The van der Waals surface area contributed by atoms with Gasteiger partial charge in [0.1, 0.15) is 0 Å². The molecule has 1 N–H and O–H groups in total. The van der Waals surface area contributed by atoms with Crippen molar-refractivity contribution >= 4 is 35.1 Å². The molecule has 0 spiro atoms. The van der Waals surface area contributed by atoms with E-state index in [9.17, 15) is 9.59 Å². The monoisotopic (exact) mass is 315 g/mol. The molecular formula is C14H15Cl2NO3. The van der Waals surface area contributed by atoms with Gasteiger partial charge < -0.3 is 10.0 Å².